The van der Waals surface area contributed by atoms with Crippen molar-refractivity contribution in [2.45, 2.75) is 0 Å². The Hall–Kier alpha value is -2.18. The Bertz CT molecular complexity index is 527. The summed E-state index contributed by atoms with van der Waals surface area (Å²) in [5.41, 5.74) is 4.64. The number of hydrogen-bond acceptors (Lipinski definition) is 5. The third kappa shape index (κ3) is 1.56. The molecule has 1 aromatic heterocycles. The molecule has 7 heteroatoms. The number of hydrogen-bond donors (Lipinski definition) is 1. The maximum absolute atomic E-state index is 13.5. The molecule has 0 saturated carbocycles. The molecule has 0 aliphatic rings. The molecule has 0 spiro atoms. The normalized spacial score (nSPS) is 10.4. The molecule has 0 atom stereocenters. The second kappa shape index (κ2) is 3.76. The van der Waals surface area contributed by atoms with Gasteiger partial charge in [-0.2, -0.15) is 0 Å². The summed E-state index contributed by atoms with van der Waals surface area (Å²) in [6, 6.07) is 2.13. The average molecular weight is 227 g/mol. The van der Waals surface area contributed by atoms with E-state index >= 15 is 0 Å². The van der Waals surface area contributed by atoms with E-state index in [4.69, 9.17) is 10.2 Å². The highest BCUT2D eigenvalue weighted by Gasteiger charge is 2.20. The molecule has 2 aromatic rings. The van der Waals surface area contributed by atoms with Gasteiger partial charge < -0.3 is 14.9 Å². The van der Waals surface area contributed by atoms with Crippen molar-refractivity contribution >= 4 is 5.69 Å². The first-order valence-corrected chi connectivity index (χ1v) is 4.25. The number of benzene rings is 1. The van der Waals surface area contributed by atoms with Gasteiger partial charge in [-0.05, 0) is 12.1 Å². The first-order valence-electron chi connectivity index (χ1n) is 4.25. The molecule has 1 aromatic carbocycles. The summed E-state index contributed by atoms with van der Waals surface area (Å²) < 4.78 is 36.4. The van der Waals surface area contributed by atoms with Gasteiger partial charge in [-0.3, -0.25) is 0 Å². The number of halogens is 2. The molecule has 0 aliphatic carbocycles. The van der Waals surface area contributed by atoms with Crippen LogP contribution in [0.5, 0.6) is 6.08 Å². The molecule has 2 rings (SSSR count). The smallest absolute Gasteiger partial charge is 0.414 e. The van der Waals surface area contributed by atoms with Crippen LogP contribution in [0.4, 0.5) is 14.5 Å². The van der Waals surface area contributed by atoms with E-state index in [1.54, 1.807) is 0 Å². The first kappa shape index (κ1) is 10.3. The number of anilines is 1. The molecule has 1 heterocycles. The molecule has 0 aliphatic heterocycles. The van der Waals surface area contributed by atoms with Crippen LogP contribution in [0.25, 0.3) is 11.5 Å². The van der Waals surface area contributed by atoms with Crippen molar-refractivity contribution in [1.82, 2.24) is 10.2 Å². The van der Waals surface area contributed by atoms with Crippen molar-refractivity contribution in [3.8, 4) is 17.5 Å². The molecule has 0 radical (unpaired) electrons. The van der Waals surface area contributed by atoms with Crippen molar-refractivity contribution in [3.63, 3.8) is 0 Å². The van der Waals surface area contributed by atoms with E-state index < -0.39 is 17.2 Å². The average Bonchev–Trinajstić information content (AvgIpc) is 2.73. The van der Waals surface area contributed by atoms with Gasteiger partial charge in [-0.25, -0.2) is 8.78 Å². The van der Waals surface area contributed by atoms with Crippen LogP contribution in [-0.4, -0.2) is 17.3 Å². The van der Waals surface area contributed by atoms with E-state index in [0.717, 1.165) is 12.1 Å². The van der Waals surface area contributed by atoms with E-state index in [9.17, 15) is 8.78 Å². The van der Waals surface area contributed by atoms with Gasteiger partial charge in [0.25, 0.3) is 5.89 Å². The summed E-state index contributed by atoms with van der Waals surface area (Å²) in [5, 5.41) is 6.85. The number of rotatable bonds is 2. The van der Waals surface area contributed by atoms with Gasteiger partial charge in [0.15, 0.2) is 5.82 Å². The second-order valence-electron chi connectivity index (χ2n) is 2.90. The minimum Gasteiger partial charge on any atom is -0.452 e. The number of nitrogens with zero attached hydrogens (tertiary/aromatic N) is 2. The lowest BCUT2D eigenvalue weighted by atomic mass is 10.1. The molecule has 0 saturated heterocycles. The van der Waals surface area contributed by atoms with Gasteiger partial charge in [0.05, 0.1) is 12.8 Å². The quantitative estimate of drug-likeness (QED) is 0.789. The molecule has 0 unspecified atom stereocenters. The van der Waals surface area contributed by atoms with Crippen LogP contribution in [0.1, 0.15) is 0 Å². The summed E-state index contributed by atoms with van der Waals surface area (Å²) in [5.74, 6) is -2.09. The molecule has 2 N–H and O–H groups in total. The van der Waals surface area contributed by atoms with Gasteiger partial charge in [-0.1, -0.05) is 5.10 Å². The minimum atomic E-state index is -0.939. The maximum Gasteiger partial charge on any atom is 0.414 e. The Morgan fingerprint density at radius 2 is 2.06 bits per heavy atom. The molecule has 0 fully saturated rings. The van der Waals surface area contributed by atoms with E-state index in [-0.39, 0.29) is 17.7 Å². The number of nitrogens with two attached hydrogens (primary N) is 1. The molecule has 0 bridgehead atoms. The number of nitrogen functional groups attached to an aromatic ring is 1. The van der Waals surface area contributed by atoms with Crippen LogP contribution in [-0.2, 0) is 0 Å². The Morgan fingerprint density at radius 1 is 1.31 bits per heavy atom. The Balaban J connectivity index is 2.58. The van der Waals surface area contributed by atoms with Crippen LogP contribution >= 0.6 is 0 Å². The summed E-state index contributed by atoms with van der Waals surface area (Å²) in [6.07, 6.45) is -0.184. The van der Waals surface area contributed by atoms with Crippen molar-refractivity contribution < 1.29 is 17.9 Å². The molecule has 5 nitrogen and oxygen atoms in total. The van der Waals surface area contributed by atoms with Crippen molar-refractivity contribution in [3.05, 3.63) is 23.8 Å². The van der Waals surface area contributed by atoms with E-state index in [1.807, 2.05) is 0 Å². The summed E-state index contributed by atoms with van der Waals surface area (Å²) in [6.45, 7) is 0. The fourth-order valence-electron chi connectivity index (χ4n) is 1.16. The van der Waals surface area contributed by atoms with Crippen LogP contribution < -0.4 is 10.5 Å². The van der Waals surface area contributed by atoms with Crippen LogP contribution in [0.3, 0.4) is 0 Å². The summed E-state index contributed by atoms with van der Waals surface area (Å²) in [4.78, 5) is 0. The first-order chi connectivity index (χ1) is 7.63. The van der Waals surface area contributed by atoms with E-state index in [1.165, 1.54) is 7.11 Å². The van der Waals surface area contributed by atoms with E-state index in [2.05, 4.69) is 14.9 Å². The zero-order valence-electron chi connectivity index (χ0n) is 8.20. The highest BCUT2D eigenvalue weighted by molar-refractivity contribution is 5.62. The lowest BCUT2D eigenvalue weighted by Crippen LogP contribution is -1.96. The van der Waals surface area contributed by atoms with Crippen molar-refractivity contribution in [2.75, 3.05) is 12.8 Å². The molecular weight excluding hydrogens is 220 g/mol. The Labute approximate surface area is 88.8 Å². The predicted octanol–water partition coefficient (Wildman–Crippen LogP) is 1.61. The Kier molecular flexibility index (Phi) is 2.43. The number of ether oxygens (including phenoxy) is 1. The van der Waals surface area contributed by atoms with Gasteiger partial charge in [0.2, 0.25) is 0 Å². The predicted molar refractivity (Wildman–Crippen MR) is 50.6 cm³/mol. The standard InChI is InChI=1S/C9H7F2N3O2/c1-15-9-14-13-8(16-9)6-4(10)2-3-5(12)7(6)11/h2-3H,12H2,1H3. The highest BCUT2D eigenvalue weighted by Crippen LogP contribution is 2.29. The fraction of sp³-hybridized carbons (Fsp3) is 0.111. The molecule has 0 amide bonds. The third-order valence-corrected chi connectivity index (χ3v) is 1.92. The molecular formula is C9H7F2N3O2. The van der Waals surface area contributed by atoms with Gasteiger partial charge in [0, 0.05) is 0 Å². The molecule has 84 valence electrons. The largest absolute Gasteiger partial charge is 0.452 e. The van der Waals surface area contributed by atoms with Crippen molar-refractivity contribution in [1.29, 1.82) is 0 Å². The number of methoxy groups -OCH3 is 1. The SMILES string of the molecule is COc1nnc(-c2c(F)ccc(N)c2F)o1. The second-order valence-corrected chi connectivity index (χ2v) is 2.90. The minimum absolute atomic E-state index is 0.184. The van der Waals surface area contributed by atoms with Gasteiger partial charge >= 0.3 is 6.08 Å². The maximum atomic E-state index is 13.5. The van der Waals surface area contributed by atoms with E-state index in [0.29, 0.717) is 0 Å². The van der Waals surface area contributed by atoms with Gasteiger partial charge in [0.1, 0.15) is 11.4 Å². The zero-order valence-corrected chi connectivity index (χ0v) is 8.20. The lowest BCUT2D eigenvalue weighted by Gasteiger charge is -2.02. The lowest BCUT2D eigenvalue weighted by molar-refractivity contribution is 0.293. The monoisotopic (exact) mass is 227 g/mol. The zero-order chi connectivity index (χ0) is 11.7. The van der Waals surface area contributed by atoms with Crippen LogP contribution in [0.15, 0.2) is 16.5 Å². The summed E-state index contributed by atoms with van der Waals surface area (Å²) in [7, 11) is 1.30. The Morgan fingerprint density at radius 3 is 2.69 bits per heavy atom. The molecule has 16 heavy (non-hydrogen) atoms. The van der Waals surface area contributed by atoms with Gasteiger partial charge in [-0.15, -0.1) is 5.10 Å². The third-order valence-electron chi connectivity index (χ3n) is 1.92. The number of aromatic nitrogens is 2. The highest BCUT2D eigenvalue weighted by atomic mass is 19.1. The summed E-state index contributed by atoms with van der Waals surface area (Å²) >= 11 is 0. The van der Waals surface area contributed by atoms with Crippen molar-refractivity contribution in [2.24, 2.45) is 0 Å². The van der Waals surface area contributed by atoms with Crippen LogP contribution in [0, 0.1) is 11.6 Å². The fourth-order valence-corrected chi connectivity index (χ4v) is 1.16. The van der Waals surface area contributed by atoms with Crippen LogP contribution in [0.2, 0.25) is 0 Å². The topological polar surface area (TPSA) is 74.2 Å².